The van der Waals surface area contributed by atoms with Crippen LogP contribution in [0.4, 0.5) is 5.82 Å². The number of aliphatic hydroxyl groups is 1. The molecule has 18 heavy (non-hydrogen) atoms. The first kappa shape index (κ1) is 13.3. The largest absolute Gasteiger partial charge is 0.394 e. The second kappa shape index (κ2) is 6.17. The van der Waals surface area contributed by atoms with Crippen LogP contribution in [0.3, 0.4) is 0 Å². The van der Waals surface area contributed by atoms with E-state index < -0.39 is 0 Å². The van der Waals surface area contributed by atoms with Gasteiger partial charge in [-0.15, -0.1) is 0 Å². The summed E-state index contributed by atoms with van der Waals surface area (Å²) < 4.78 is 7.47. The van der Waals surface area contributed by atoms with Crippen molar-refractivity contribution in [1.29, 1.82) is 0 Å². The molecular formula is C12H22N4O2. The maximum Gasteiger partial charge on any atom is 0.145 e. The summed E-state index contributed by atoms with van der Waals surface area (Å²) in [6, 6.07) is 1.80. The summed E-state index contributed by atoms with van der Waals surface area (Å²) in [6.07, 6.45) is 3.06. The fourth-order valence-corrected chi connectivity index (χ4v) is 2.38. The Balaban J connectivity index is 1.72. The van der Waals surface area contributed by atoms with E-state index >= 15 is 0 Å². The molecule has 2 rings (SSSR count). The van der Waals surface area contributed by atoms with E-state index in [1.165, 1.54) is 0 Å². The number of hydrogen-bond acceptors (Lipinski definition) is 5. The maximum absolute atomic E-state index is 9.15. The molecule has 1 aliphatic rings. The fourth-order valence-electron chi connectivity index (χ4n) is 2.38. The number of aromatic nitrogens is 2. The van der Waals surface area contributed by atoms with Crippen LogP contribution in [-0.4, -0.2) is 58.2 Å². The van der Waals surface area contributed by atoms with Gasteiger partial charge >= 0.3 is 0 Å². The molecule has 0 saturated carbocycles. The zero-order valence-corrected chi connectivity index (χ0v) is 10.8. The minimum atomic E-state index is -0.0471. The zero-order valence-electron chi connectivity index (χ0n) is 10.8. The zero-order chi connectivity index (χ0) is 13.0. The van der Waals surface area contributed by atoms with Crippen LogP contribution in [0, 0.1) is 0 Å². The Morgan fingerprint density at radius 2 is 2.33 bits per heavy atom. The van der Waals surface area contributed by atoms with Crippen molar-refractivity contribution in [3.05, 3.63) is 12.3 Å². The molecule has 6 heteroatoms. The van der Waals surface area contributed by atoms with Gasteiger partial charge in [-0.25, -0.2) is 0 Å². The predicted molar refractivity (Wildman–Crippen MR) is 69.1 cm³/mol. The Bertz CT molecular complexity index is 369. The van der Waals surface area contributed by atoms with Crippen LogP contribution in [0.2, 0.25) is 0 Å². The van der Waals surface area contributed by atoms with E-state index in [9.17, 15) is 0 Å². The van der Waals surface area contributed by atoms with Crippen molar-refractivity contribution in [2.75, 3.05) is 32.0 Å². The summed E-state index contributed by atoms with van der Waals surface area (Å²) in [4.78, 5) is 2.34. The third kappa shape index (κ3) is 3.69. The van der Waals surface area contributed by atoms with Crippen molar-refractivity contribution in [2.45, 2.75) is 32.1 Å². The van der Waals surface area contributed by atoms with Crippen molar-refractivity contribution in [1.82, 2.24) is 14.7 Å². The molecule has 6 nitrogen and oxygen atoms in total. The quantitative estimate of drug-likeness (QED) is 0.769. The summed E-state index contributed by atoms with van der Waals surface area (Å²) in [7, 11) is 0. The highest BCUT2D eigenvalue weighted by Gasteiger charge is 2.23. The average Bonchev–Trinajstić information content (AvgIpc) is 2.74. The van der Waals surface area contributed by atoms with Gasteiger partial charge < -0.3 is 15.6 Å². The van der Waals surface area contributed by atoms with E-state index in [1.54, 1.807) is 6.07 Å². The monoisotopic (exact) mass is 254 g/mol. The van der Waals surface area contributed by atoms with E-state index in [2.05, 4.69) is 10.00 Å². The number of morpholine rings is 1. The van der Waals surface area contributed by atoms with Crippen LogP contribution in [0.25, 0.3) is 0 Å². The molecule has 0 amide bonds. The molecule has 102 valence electrons. The SMILES string of the molecule is CC1CN(CCCn2ccc(N)n2)CC(CO)O1. The maximum atomic E-state index is 9.15. The molecule has 1 aromatic heterocycles. The lowest BCUT2D eigenvalue weighted by molar-refractivity contribution is -0.0953. The lowest BCUT2D eigenvalue weighted by Crippen LogP contribution is -2.48. The first-order valence-electron chi connectivity index (χ1n) is 6.45. The molecule has 0 aromatic carbocycles. The highest BCUT2D eigenvalue weighted by Crippen LogP contribution is 2.11. The first-order chi connectivity index (χ1) is 8.67. The van der Waals surface area contributed by atoms with Gasteiger partial charge in [0.2, 0.25) is 0 Å². The van der Waals surface area contributed by atoms with Gasteiger partial charge in [-0.2, -0.15) is 5.10 Å². The van der Waals surface area contributed by atoms with Crippen LogP contribution in [0.15, 0.2) is 12.3 Å². The fraction of sp³-hybridized carbons (Fsp3) is 0.750. The van der Waals surface area contributed by atoms with E-state index in [0.29, 0.717) is 5.82 Å². The molecule has 1 aromatic rings. The summed E-state index contributed by atoms with van der Waals surface area (Å²) in [6.45, 7) is 5.73. The number of nitrogens with two attached hydrogens (primary N) is 1. The van der Waals surface area contributed by atoms with Crippen molar-refractivity contribution in [3.63, 3.8) is 0 Å². The molecular weight excluding hydrogens is 232 g/mol. The van der Waals surface area contributed by atoms with Crippen LogP contribution >= 0.6 is 0 Å². The molecule has 1 aliphatic heterocycles. The standard InChI is InChI=1S/C12H22N4O2/c1-10-7-15(8-11(9-17)18-10)4-2-5-16-6-3-12(13)14-16/h3,6,10-11,17H,2,4-5,7-9H2,1H3,(H2,13,14). The van der Waals surface area contributed by atoms with Crippen molar-refractivity contribution in [3.8, 4) is 0 Å². The van der Waals surface area contributed by atoms with E-state index in [-0.39, 0.29) is 18.8 Å². The van der Waals surface area contributed by atoms with Gasteiger partial charge in [-0.1, -0.05) is 0 Å². The molecule has 0 spiro atoms. The van der Waals surface area contributed by atoms with Crippen LogP contribution in [0.5, 0.6) is 0 Å². The summed E-state index contributed by atoms with van der Waals surface area (Å²) >= 11 is 0. The van der Waals surface area contributed by atoms with Crippen LogP contribution in [0.1, 0.15) is 13.3 Å². The Morgan fingerprint density at radius 3 is 3.00 bits per heavy atom. The lowest BCUT2D eigenvalue weighted by Gasteiger charge is -2.36. The van der Waals surface area contributed by atoms with Gasteiger partial charge in [0, 0.05) is 32.4 Å². The number of rotatable bonds is 5. The molecule has 2 unspecified atom stereocenters. The Morgan fingerprint density at radius 1 is 1.50 bits per heavy atom. The van der Waals surface area contributed by atoms with Crippen molar-refractivity contribution >= 4 is 5.82 Å². The number of nitrogen functional groups attached to an aromatic ring is 1. The smallest absolute Gasteiger partial charge is 0.145 e. The second-order valence-electron chi connectivity index (χ2n) is 4.87. The number of ether oxygens (including phenoxy) is 1. The van der Waals surface area contributed by atoms with Crippen LogP contribution < -0.4 is 5.73 Å². The number of nitrogens with zero attached hydrogens (tertiary/aromatic N) is 3. The molecule has 1 fully saturated rings. The van der Waals surface area contributed by atoms with Gasteiger partial charge in [-0.3, -0.25) is 9.58 Å². The van der Waals surface area contributed by atoms with Gasteiger partial charge in [0.05, 0.1) is 18.8 Å². The summed E-state index contributed by atoms with van der Waals surface area (Å²) in [5, 5.41) is 13.3. The van der Waals surface area contributed by atoms with Crippen molar-refractivity contribution in [2.24, 2.45) is 0 Å². The van der Waals surface area contributed by atoms with Gasteiger partial charge in [0.25, 0.3) is 0 Å². The molecule has 2 atom stereocenters. The predicted octanol–water partition coefficient (Wildman–Crippen LogP) is -0.0630. The topological polar surface area (TPSA) is 76.5 Å². The number of hydrogen-bond donors (Lipinski definition) is 2. The lowest BCUT2D eigenvalue weighted by atomic mass is 10.2. The molecule has 0 bridgehead atoms. The van der Waals surface area contributed by atoms with E-state index in [0.717, 1.165) is 32.6 Å². The number of aliphatic hydroxyl groups excluding tert-OH is 1. The Hall–Kier alpha value is -1.11. The average molecular weight is 254 g/mol. The Labute approximate surface area is 107 Å². The number of anilines is 1. The third-order valence-corrected chi connectivity index (χ3v) is 3.13. The minimum absolute atomic E-state index is 0.0471. The third-order valence-electron chi connectivity index (χ3n) is 3.13. The molecule has 0 aliphatic carbocycles. The summed E-state index contributed by atoms with van der Waals surface area (Å²) in [5.41, 5.74) is 5.56. The number of aryl methyl sites for hydroxylation is 1. The highest BCUT2D eigenvalue weighted by atomic mass is 16.5. The van der Waals surface area contributed by atoms with Crippen LogP contribution in [-0.2, 0) is 11.3 Å². The first-order valence-corrected chi connectivity index (χ1v) is 6.45. The van der Waals surface area contributed by atoms with E-state index in [1.807, 2.05) is 17.8 Å². The summed E-state index contributed by atoms with van der Waals surface area (Å²) in [5.74, 6) is 0.565. The molecule has 1 saturated heterocycles. The minimum Gasteiger partial charge on any atom is -0.394 e. The van der Waals surface area contributed by atoms with E-state index in [4.69, 9.17) is 15.6 Å². The second-order valence-corrected chi connectivity index (χ2v) is 4.87. The van der Waals surface area contributed by atoms with Crippen molar-refractivity contribution < 1.29 is 9.84 Å². The van der Waals surface area contributed by atoms with Gasteiger partial charge in [0.1, 0.15) is 5.82 Å². The molecule has 3 N–H and O–H groups in total. The molecule has 0 radical (unpaired) electrons. The van der Waals surface area contributed by atoms with Gasteiger partial charge in [0.15, 0.2) is 0 Å². The Kier molecular flexibility index (Phi) is 4.57. The molecule has 2 heterocycles. The highest BCUT2D eigenvalue weighted by molar-refractivity contribution is 5.23. The normalized spacial score (nSPS) is 25.4. The van der Waals surface area contributed by atoms with Gasteiger partial charge in [-0.05, 0) is 19.4 Å².